The molecule has 0 atom stereocenters. The van der Waals surface area contributed by atoms with E-state index in [-0.39, 0.29) is 6.29 Å². The molecule has 0 amide bonds. The second-order valence-corrected chi connectivity index (χ2v) is 4.60. The van der Waals surface area contributed by atoms with Crippen LogP contribution in [0.25, 0.3) is 6.08 Å². The lowest BCUT2D eigenvalue weighted by Crippen LogP contribution is -2.23. The van der Waals surface area contributed by atoms with Gasteiger partial charge in [0.15, 0.2) is 6.29 Å². The Morgan fingerprint density at radius 1 is 1.47 bits per heavy atom. The molecule has 1 aromatic rings. The van der Waals surface area contributed by atoms with Crippen LogP contribution in [-0.4, -0.2) is 32.9 Å². The molecule has 0 radical (unpaired) electrons. The molecule has 0 spiro atoms. The molecule has 0 saturated heterocycles. The van der Waals surface area contributed by atoms with E-state index in [1.165, 1.54) is 10.4 Å². The summed E-state index contributed by atoms with van der Waals surface area (Å²) < 4.78 is 10.2. The monoisotopic (exact) mass is 252 g/mol. The number of methoxy groups -OCH3 is 2. The molecule has 1 N–H and O–H groups in total. The van der Waals surface area contributed by atoms with Gasteiger partial charge in [-0.05, 0) is 23.1 Å². The lowest BCUT2D eigenvalue weighted by Gasteiger charge is -2.11. The third-order valence-electron chi connectivity index (χ3n) is 2.58. The molecule has 17 heavy (non-hydrogen) atoms. The van der Waals surface area contributed by atoms with E-state index in [0.29, 0.717) is 6.54 Å². The molecule has 0 unspecified atom stereocenters. The van der Waals surface area contributed by atoms with Crippen molar-refractivity contribution in [1.82, 2.24) is 5.32 Å². The van der Waals surface area contributed by atoms with Gasteiger partial charge in [-0.15, -0.1) is 11.3 Å². The average Bonchev–Trinajstić information content (AvgIpc) is 2.69. The van der Waals surface area contributed by atoms with E-state index in [0.717, 1.165) is 12.3 Å². The van der Waals surface area contributed by atoms with Gasteiger partial charge in [-0.3, -0.25) is 4.99 Å². The molecule has 1 aliphatic rings. The fourth-order valence-electron chi connectivity index (χ4n) is 1.62. The summed E-state index contributed by atoms with van der Waals surface area (Å²) in [5, 5.41) is 5.29. The third kappa shape index (κ3) is 3.15. The van der Waals surface area contributed by atoms with Crippen LogP contribution in [0.2, 0.25) is 0 Å². The molecule has 4 nitrogen and oxygen atoms in total. The second kappa shape index (κ2) is 5.95. The molecule has 0 saturated carbocycles. The highest BCUT2D eigenvalue weighted by Crippen LogP contribution is 2.20. The number of nitrogens with zero attached hydrogens (tertiary/aromatic N) is 1. The van der Waals surface area contributed by atoms with E-state index in [9.17, 15) is 0 Å². The van der Waals surface area contributed by atoms with Crippen molar-refractivity contribution in [2.75, 3.05) is 20.8 Å². The van der Waals surface area contributed by atoms with Gasteiger partial charge in [0.05, 0.1) is 6.54 Å². The summed E-state index contributed by atoms with van der Waals surface area (Å²) in [4.78, 5) is 5.76. The minimum atomic E-state index is -0.279. The predicted octanol–water partition coefficient (Wildman–Crippen LogP) is 1.88. The van der Waals surface area contributed by atoms with Gasteiger partial charge < -0.3 is 14.8 Å². The molecule has 92 valence electrons. The summed E-state index contributed by atoms with van der Waals surface area (Å²) in [5.41, 5.74) is 1.31. The van der Waals surface area contributed by atoms with Crippen LogP contribution in [0.1, 0.15) is 10.4 Å². The van der Waals surface area contributed by atoms with Gasteiger partial charge in [-0.2, -0.15) is 0 Å². The van der Waals surface area contributed by atoms with Gasteiger partial charge in [0.2, 0.25) is 0 Å². The number of fused-ring (bicyclic) bond motifs is 1. The summed E-state index contributed by atoms with van der Waals surface area (Å²) in [6.45, 7) is 0.503. The molecule has 5 heteroatoms. The minimum absolute atomic E-state index is 0.279. The van der Waals surface area contributed by atoms with E-state index < -0.39 is 0 Å². The number of hydrogen-bond acceptors (Lipinski definition) is 4. The highest BCUT2D eigenvalue weighted by Gasteiger charge is 2.10. The maximum atomic E-state index is 5.10. The predicted molar refractivity (Wildman–Crippen MR) is 70.3 cm³/mol. The van der Waals surface area contributed by atoms with E-state index in [4.69, 9.17) is 9.47 Å². The molecule has 0 aliphatic carbocycles. The SMILES string of the molecule is COC(CN=C1Cc2ccsc2C=CN1)OC. The molecule has 1 aliphatic heterocycles. The maximum absolute atomic E-state index is 5.10. The van der Waals surface area contributed by atoms with Gasteiger partial charge in [0.1, 0.15) is 5.84 Å². The minimum Gasteiger partial charge on any atom is -0.354 e. The molecule has 1 aromatic heterocycles. The number of aliphatic imine (C=N–C) groups is 1. The Balaban J connectivity index is 2.04. The number of rotatable bonds is 4. The smallest absolute Gasteiger partial charge is 0.176 e. The Morgan fingerprint density at radius 2 is 2.29 bits per heavy atom. The fraction of sp³-hybridized carbons (Fsp3) is 0.417. The molecule has 0 aromatic carbocycles. The summed E-state index contributed by atoms with van der Waals surface area (Å²) >= 11 is 1.74. The fourth-order valence-corrected chi connectivity index (χ4v) is 2.43. The van der Waals surface area contributed by atoms with Crippen LogP contribution in [0.4, 0.5) is 0 Å². The van der Waals surface area contributed by atoms with Crippen LogP contribution in [0.3, 0.4) is 0 Å². The van der Waals surface area contributed by atoms with Gasteiger partial charge in [0.25, 0.3) is 0 Å². The molecule has 2 heterocycles. The largest absolute Gasteiger partial charge is 0.354 e. The topological polar surface area (TPSA) is 42.8 Å². The molecule has 0 fully saturated rings. The first-order chi connectivity index (χ1) is 8.33. The molecular formula is C12H16N2O2S. The highest BCUT2D eigenvalue weighted by molar-refractivity contribution is 7.11. The summed E-state index contributed by atoms with van der Waals surface area (Å²) in [6.07, 6.45) is 4.55. The maximum Gasteiger partial charge on any atom is 0.176 e. The van der Waals surface area contributed by atoms with Crippen LogP contribution in [0.5, 0.6) is 0 Å². The van der Waals surface area contributed by atoms with E-state index in [1.54, 1.807) is 25.6 Å². The third-order valence-corrected chi connectivity index (χ3v) is 3.50. The second-order valence-electron chi connectivity index (χ2n) is 3.65. The number of thiophene rings is 1. The number of amidine groups is 1. The Labute approximate surface area is 105 Å². The molecule has 2 rings (SSSR count). The van der Waals surface area contributed by atoms with E-state index >= 15 is 0 Å². The van der Waals surface area contributed by atoms with Crippen LogP contribution >= 0.6 is 11.3 Å². The normalized spacial score (nSPS) is 17.0. The van der Waals surface area contributed by atoms with Gasteiger partial charge >= 0.3 is 0 Å². The number of hydrogen-bond donors (Lipinski definition) is 1. The first-order valence-corrected chi connectivity index (χ1v) is 6.30. The zero-order valence-corrected chi connectivity index (χ0v) is 10.8. The molecular weight excluding hydrogens is 236 g/mol. The van der Waals surface area contributed by atoms with E-state index in [1.807, 2.05) is 6.20 Å². The standard InChI is InChI=1S/C12H16N2O2S/c1-15-12(16-2)8-14-11-7-9-4-6-17-10(9)3-5-13-11/h3-6,12H,7-8H2,1-2H3,(H,13,14). The van der Waals surface area contributed by atoms with Gasteiger partial charge in [-0.1, -0.05) is 0 Å². The van der Waals surface area contributed by atoms with Crippen molar-refractivity contribution in [3.63, 3.8) is 0 Å². The number of nitrogens with one attached hydrogen (secondary N) is 1. The van der Waals surface area contributed by atoms with Crippen molar-refractivity contribution in [2.45, 2.75) is 12.7 Å². The highest BCUT2D eigenvalue weighted by atomic mass is 32.1. The Morgan fingerprint density at radius 3 is 3.06 bits per heavy atom. The first kappa shape index (κ1) is 12.3. The lowest BCUT2D eigenvalue weighted by molar-refractivity contribution is -0.0937. The Bertz CT molecular complexity index is 422. The van der Waals surface area contributed by atoms with Crippen molar-refractivity contribution >= 4 is 23.2 Å². The van der Waals surface area contributed by atoms with E-state index in [2.05, 4.69) is 27.8 Å². The Hall–Kier alpha value is -1.17. The molecule has 0 bridgehead atoms. The zero-order chi connectivity index (χ0) is 12.1. The van der Waals surface area contributed by atoms with Gasteiger partial charge in [-0.25, -0.2) is 0 Å². The average molecular weight is 252 g/mol. The van der Waals surface area contributed by atoms with Crippen LogP contribution in [-0.2, 0) is 15.9 Å². The van der Waals surface area contributed by atoms with Crippen molar-refractivity contribution in [3.05, 3.63) is 28.1 Å². The summed E-state index contributed by atoms with van der Waals surface area (Å²) in [7, 11) is 3.23. The summed E-state index contributed by atoms with van der Waals surface area (Å²) in [6, 6.07) is 2.14. The van der Waals surface area contributed by atoms with Crippen LogP contribution in [0.15, 0.2) is 22.6 Å². The van der Waals surface area contributed by atoms with Crippen LogP contribution < -0.4 is 5.32 Å². The number of ether oxygens (including phenoxy) is 2. The summed E-state index contributed by atoms with van der Waals surface area (Å²) in [5.74, 6) is 0.942. The Kier molecular flexibility index (Phi) is 4.30. The zero-order valence-electron chi connectivity index (χ0n) is 9.97. The van der Waals surface area contributed by atoms with Crippen molar-refractivity contribution in [3.8, 4) is 0 Å². The van der Waals surface area contributed by atoms with Crippen molar-refractivity contribution in [1.29, 1.82) is 0 Å². The lowest BCUT2D eigenvalue weighted by atomic mass is 10.2. The quantitative estimate of drug-likeness (QED) is 0.832. The van der Waals surface area contributed by atoms with Crippen LogP contribution in [0, 0.1) is 0 Å². The van der Waals surface area contributed by atoms with Gasteiger partial charge in [0, 0.05) is 31.7 Å². The first-order valence-electron chi connectivity index (χ1n) is 5.42. The van der Waals surface area contributed by atoms with Crippen molar-refractivity contribution < 1.29 is 9.47 Å². The van der Waals surface area contributed by atoms with Crippen molar-refractivity contribution in [2.24, 2.45) is 4.99 Å².